The van der Waals surface area contributed by atoms with Crippen LogP contribution in [0.2, 0.25) is 0 Å². The predicted molar refractivity (Wildman–Crippen MR) is 81.4 cm³/mol. The minimum atomic E-state index is -0.205. The molecule has 5 nitrogen and oxygen atoms in total. The van der Waals surface area contributed by atoms with Gasteiger partial charge in [0.15, 0.2) is 0 Å². The molecular formula is C14H18N2O3S. The van der Waals surface area contributed by atoms with E-state index in [9.17, 15) is 4.79 Å². The van der Waals surface area contributed by atoms with Crippen molar-refractivity contribution in [1.29, 1.82) is 0 Å². The molecule has 0 spiro atoms. The molecule has 0 aliphatic rings. The highest BCUT2D eigenvalue weighted by Crippen LogP contribution is 2.35. The number of carbonyl (C=O) groups is 1. The van der Waals surface area contributed by atoms with Crippen LogP contribution < -0.4 is 15.8 Å². The molecule has 0 aliphatic heterocycles. The van der Waals surface area contributed by atoms with Gasteiger partial charge in [-0.25, -0.2) is 0 Å². The van der Waals surface area contributed by atoms with Crippen LogP contribution in [0.3, 0.4) is 0 Å². The number of benzene rings is 1. The second-order valence-corrected chi connectivity index (χ2v) is 5.65. The third-order valence-corrected chi connectivity index (χ3v) is 4.25. The van der Waals surface area contributed by atoms with E-state index in [0.29, 0.717) is 17.0 Å². The second-order valence-electron chi connectivity index (χ2n) is 4.59. The summed E-state index contributed by atoms with van der Waals surface area (Å²) in [6.45, 7) is 1.89. The van der Waals surface area contributed by atoms with Gasteiger partial charge in [-0.2, -0.15) is 0 Å². The van der Waals surface area contributed by atoms with E-state index < -0.39 is 0 Å². The Morgan fingerprint density at radius 2 is 2.30 bits per heavy atom. The number of hydrogen-bond donors (Lipinski definition) is 3. The van der Waals surface area contributed by atoms with E-state index in [2.05, 4.69) is 5.32 Å². The number of anilines is 1. The number of amides is 1. The van der Waals surface area contributed by atoms with Crippen molar-refractivity contribution in [2.75, 3.05) is 19.5 Å². The highest BCUT2D eigenvalue weighted by molar-refractivity contribution is 7.21. The van der Waals surface area contributed by atoms with Crippen LogP contribution in [-0.4, -0.2) is 30.8 Å². The van der Waals surface area contributed by atoms with Gasteiger partial charge in [0.05, 0.1) is 12.8 Å². The first-order valence-corrected chi connectivity index (χ1v) is 7.16. The summed E-state index contributed by atoms with van der Waals surface area (Å²) in [5.41, 5.74) is 6.53. The summed E-state index contributed by atoms with van der Waals surface area (Å²) in [6.07, 6.45) is 0.518. The Balaban J connectivity index is 2.30. The third-order valence-electron chi connectivity index (χ3n) is 3.08. The summed E-state index contributed by atoms with van der Waals surface area (Å²) in [7, 11) is 1.60. The number of aliphatic hydroxyl groups excluding tert-OH is 1. The third kappa shape index (κ3) is 2.86. The maximum absolute atomic E-state index is 12.2. The lowest BCUT2D eigenvalue weighted by atomic mass is 10.2. The fourth-order valence-corrected chi connectivity index (χ4v) is 3.00. The molecule has 0 aliphatic carbocycles. The molecule has 1 aromatic heterocycles. The van der Waals surface area contributed by atoms with Gasteiger partial charge >= 0.3 is 0 Å². The van der Waals surface area contributed by atoms with Crippen molar-refractivity contribution in [1.82, 2.24) is 5.32 Å². The number of thiophene rings is 1. The van der Waals surface area contributed by atoms with E-state index in [0.717, 1.165) is 15.8 Å². The van der Waals surface area contributed by atoms with Crippen molar-refractivity contribution in [2.24, 2.45) is 0 Å². The second kappa shape index (κ2) is 6.11. The molecule has 1 heterocycles. The highest BCUT2D eigenvalue weighted by atomic mass is 32.1. The Kier molecular flexibility index (Phi) is 4.46. The molecule has 0 fully saturated rings. The molecule has 20 heavy (non-hydrogen) atoms. The van der Waals surface area contributed by atoms with Crippen LogP contribution in [0.25, 0.3) is 10.1 Å². The molecule has 6 heteroatoms. The lowest BCUT2D eigenvalue weighted by Gasteiger charge is -2.11. The maximum atomic E-state index is 12.2. The molecular weight excluding hydrogens is 276 g/mol. The number of carbonyl (C=O) groups excluding carboxylic acids is 1. The Morgan fingerprint density at radius 1 is 1.55 bits per heavy atom. The fourth-order valence-electron chi connectivity index (χ4n) is 1.95. The van der Waals surface area contributed by atoms with E-state index in [4.69, 9.17) is 15.6 Å². The van der Waals surface area contributed by atoms with Crippen LogP contribution in [0, 0.1) is 0 Å². The van der Waals surface area contributed by atoms with Crippen LogP contribution >= 0.6 is 11.3 Å². The molecule has 108 valence electrons. The molecule has 2 rings (SSSR count). The maximum Gasteiger partial charge on any atom is 0.263 e. The van der Waals surface area contributed by atoms with E-state index in [-0.39, 0.29) is 18.6 Å². The molecule has 1 aromatic carbocycles. The number of hydrogen-bond acceptors (Lipinski definition) is 5. The molecule has 4 N–H and O–H groups in total. The zero-order valence-corrected chi connectivity index (χ0v) is 12.3. The predicted octanol–water partition coefficient (Wildman–Crippen LogP) is 1.99. The van der Waals surface area contributed by atoms with Gasteiger partial charge in [-0.05, 0) is 31.5 Å². The van der Waals surface area contributed by atoms with Crippen molar-refractivity contribution in [3.63, 3.8) is 0 Å². The lowest BCUT2D eigenvalue weighted by Crippen LogP contribution is -2.33. The number of ether oxygens (including phenoxy) is 1. The number of nitrogen functional groups attached to an aromatic ring is 1. The van der Waals surface area contributed by atoms with Crippen LogP contribution in [0.1, 0.15) is 23.0 Å². The Labute approximate surface area is 121 Å². The van der Waals surface area contributed by atoms with Crippen molar-refractivity contribution in [2.45, 2.75) is 19.4 Å². The van der Waals surface area contributed by atoms with Gasteiger partial charge in [-0.3, -0.25) is 4.79 Å². The zero-order chi connectivity index (χ0) is 14.7. The molecule has 1 amide bonds. The average Bonchev–Trinajstić information content (AvgIpc) is 2.75. The van der Waals surface area contributed by atoms with E-state index in [1.807, 2.05) is 25.1 Å². The Morgan fingerprint density at radius 3 is 2.95 bits per heavy atom. The SMILES string of the molecule is COc1ccc2c(N)c(C(=O)NC(C)CCO)sc2c1. The molecule has 1 unspecified atom stereocenters. The molecule has 0 radical (unpaired) electrons. The number of aliphatic hydroxyl groups is 1. The monoisotopic (exact) mass is 294 g/mol. The molecule has 0 saturated heterocycles. The quantitative estimate of drug-likeness (QED) is 0.787. The highest BCUT2D eigenvalue weighted by Gasteiger charge is 2.18. The van der Waals surface area contributed by atoms with E-state index in [1.54, 1.807) is 7.11 Å². The summed E-state index contributed by atoms with van der Waals surface area (Å²) in [5, 5.41) is 12.5. The van der Waals surface area contributed by atoms with Gasteiger partial charge in [-0.15, -0.1) is 11.3 Å². The van der Waals surface area contributed by atoms with Gasteiger partial charge in [0.2, 0.25) is 0 Å². The molecule has 1 atom stereocenters. The van der Waals surface area contributed by atoms with Gasteiger partial charge in [-0.1, -0.05) is 0 Å². The first-order chi connectivity index (χ1) is 9.56. The first kappa shape index (κ1) is 14.6. The topological polar surface area (TPSA) is 84.6 Å². The average molecular weight is 294 g/mol. The number of methoxy groups -OCH3 is 1. The van der Waals surface area contributed by atoms with Crippen molar-refractivity contribution in [3.05, 3.63) is 23.1 Å². The van der Waals surface area contributed by atoms with Crippen LogP contribution in [0.5, 0.6) is 5.75 Å². The normalized spacial score (nSPS) is 12.3. The summed E-state index contributed by atoms with van der Waals surface area (Å²) in [5.74, 6) is 0.531. The summed E-state index contributed by atoms with van der Waals surface area (Å²) < 4.78 is 6.08. The van der Waals surface area contributed by atoms with Gasteiger partial charge in [0.25, 0.3) is 5.91 Å². The number of nitrogens with two attached hydrogens (primary N) is 1. The van der Waals surface area contributed by atoms with Crippen LogP contribution in [0.15, 0.2) is 18.2 Å². The van der Waals surface area contributed by atoms with Gasteiger partial charge < -0.3 is 20.9 Å². The molecule has 0 saturated carbocycles. The van der Waals surface area contributed by atoms with Crippen LogP contribution in [0.4, 0.5) is 5.69 Å². The van der Waals surface area contributed by atoms with Gasteiger partial charge in [0, 0.05) is 22.7 Å². The largest absolute Gasteiger partial charge is 0.497 e. The van der Waals surface area contributed by atoms with Crippen LogP contribution in [-0.2, 0) is 0 Å². The van der Waals surface area contributed by atoms with E-state index >= 15 is 0 Å². The number of fused-ring (bicyclic) bond motifs is 1. The first-order valence-electron chi connectivity index (χ1n) is 6.34. The molecule has 0 bridgehead atoms. The lowest BCUT2D eigenvalue weighted by molar-refractivity contribution is 0.0939. The fraction of sp³-hybridized carbons (Fsp3) is 0.357. The minimum absolute atomic E-state index is 0.0422. The van der Waals surface area contributed by atoms with Crippen molar-refractivity contribution < 1.29 is 14.6 Å². The minimum Gasteiger partial charge on any atom is -0.497 e. The van der Waals surface area contributed by atoms with Gasteiger partial charge in [0.1, 0.15) is 10.6 Å². The Bertz CT molecular complexity index is 624. The number of nitrogens with one attached hydrogen (secondary N) is 1. The standard InChI is InChI=1S/C14H18N2O3S/c1-8(5-6-17)16-14(18)13-12(15)10-4-3-9(19-2)7-11(10)20-13/h3-4,7-8,17H,5-6,15H2,1-2H3,(H,16,18). The number of rotatable bonds is 5. The Hall–Kier alpha value is -1.79. The van der Waals surface area contributed by atoms with Crippen molar-refractivity contribution >= 4 is 33.0 Å². The van der Waals surface area contributed by atoms with E-state index in [1.165, 1.54) is 11.3 Å². The summed E-state index contributed by atoms with van der Waals surface area (Å²) in [6, 6.07) is 5.45. The smallest absolute Gasteiger partial charge is 0.263 e. The molecule has 2 aromatic rings. The zero-order valence-electron chi connectivity index (χ0n) is 11.5. The summed E-state index contributed by atoms with van der Waals surface area (Å²) >= 11 is 1.34. The van der Waals surface area contributed by atoms with Crippen molar-refractivity contribution in [3.8, 4) is 5.75 Å². The summed E-state index contributed by atoms with van der Waals surface area (Å²) in [4.78, 5) is 12.7.